The van der Waals surface area contributed by atoms with Gasteiger partial charge < -0.3 is 10.2 Å². The molecule has 0 heterocycles. The van der Waals surface area contributed by atoms with Crippen molar-refractivity contribution in [1.82, 2.24) is 10.2 Å². The van der Waals surface area contributed by atoms with Crippen LogP contribution in [0, 0.1) is 19.8 Å². The van der Waals surface area contributed by atoms with Crippen molar-refractivity contribution in [3.05, 3.63) is 70.8 Å². The van der Waals surface area contributed by atoms with Crippen LogP contribution in [-0.2, 0) is 21.9 Å². The summed E-state index contributed by atoms with van der Waals surface area (Å²) >= 11 is 1.59. The van der Waals surface area contributed by atoms with Gasteiger partial charge in [0.15, 0.2) is 0 Å². The fourth-order valence-corrected chi connectivity index (χ4v) is 3.90. The van der Waals surface area contributed by atoms with Gasteiger partial charge in [0, 0.05) is 18.8 Å². The van der Waals surface area contributed by atoms with Crippen molar-refractivity contribution in [2.45, 2.75) is 53.0 Å². The third-order valence-electron chi connectivity index (χ3n) is 5.07. The Morgan fingerprint density at radius 2 is 1.67 bits per heavy atom. The second kappa shape index (κ2) is 11.8. The maximum absolute atomic E-state index is 13.1. The number of hydrogen-bond donors (Lipinski definition) is 1. The first-order valence-corrected chi connectivity index (χ1v) is 11.7. The van der Waals surface area contributed by atoms with Crippen LogP contribution in [0.15, 0.2) is 48.5 Å². The summed E-state index contributed by atoms with van der Waals surface area (Å²) in [6.07, 6.45) is 0. The van der Waals surface area contributed by atoms with Crippen molar-refractivity contribution in [3.8, 4) is 0 Å². The first-order chi connectivity index (χ1) is 14.3. The number of amides is 2. The van der Waals surface area contributed by atoms with Crippen molar-refractivity contribution in [2.75, 3.05) is 12.3 Å². The Balaban J connectivity index is 2.06. The molecule has 0 aliphatic heterocycles. The molecule has 0 spiro atoms. The second-order valence-corrected chi connectivity index (χ2v) is 9.23. The van der Waals surface area contributed by atoms with Crippen LogP contribution in [0.25, 0.3) is 0 Å². The monoisotopic (exact) mass is 426 g/mol. The first-order valence-electron chi connectivity index (χ1n) is 10.5. The van der Waals surface area contributed by atoms with E-state index in [1.54, 1.807) is 16.7 Å². The first kappa shape index (κ1) is 24.0. The SMILES string of the molecule is Cc1ccc(CSCC(=O)N(Cc2ccccc2C)[C@@H](C)C(=O)NCC(C)C)cc1. The molecule has 4 nitrogen and oxygen atoms in total. The fourth-order valence-electron chi connectivity index (χ4n) is 3.03. The number of hydrogen-bond acceptors (Lipinski definition) is 3. The van der Waals surface area contributed by atoms with Crippen molar-refractivity contribution in [1.29, 1.82) is 0 Å². The highest BCUT2D eigenvalue weighted by molar-refractivity contribution is 7.99. The van der Waals surface area contributed by atoms with Crippen molar-refractivity contribution >= 4 is 23.6 Å². The topological polar surface area (TPSA) is 49.4 Å². The molecule has 2 rings (SSSR count). The molecule has 30 heavy (non-hydrogen) atoms. The van der Waals surface area contributed by atoms with Crippen LogP contribution in [0.3, 0.4) is 0 Å². The van der Waals surface area contributed by atoms with Gasteiger partial charge in [-0.2, -0.15) is 0 Å². The number of carbonyl (C=O) groups excluding carboxylic acids is 2. The lowest BCUT2D eigenvalue weighted by Gasteiger charge is -2.29. The fraction of sp³-hybridized carbons (Fsp3) is 0.440. The average Bonchev–Trinajstić information content (AvgIpc) is 2.72. The highest BCUT2D eigenvalue weighted by Gasteiger charge is 2.26. The summed E-state index contributed by atoms with van der Waals surface area (Å²) in [6, 6.07) is 15.9. The summed E-state index contributed by atoms with van der Waals surface area (Å²) in [4.78, 5) is 27.5. The molecule has 0 saturated heterocycles. The average molecular weight is 427 g/mol. The molecule has 1 atom stereocenters. The number of carbonyl (C=O) groups is 2. The predicted octanol–water partition coefficient (Wildman–Crippen LogP) is 4.73. The van der Waals surface area contributed by atoms with E-state index in [1.165, 1.54) is 11.1 Å². The molecular formula is C25H34N2O2S. The van der Waals surface area contributed by atoms with Gasteiger partial charge in [0.05, 0.1) is 5.75 Å². The van der Waals surface area contributed by atoms with Crippen LogP contribution in [0.2, 0.25) is 0 Å². The minimum Gasteiger partial charge on any atom is -0.354 e. The summed E-state index contributed by atoms with van der Waals surface area (Å²) in [5.74, 6) is 1.38. The maximum atomic E-state index is 13.1. The third-order valence-corrected chi connectivity index (χ3v) is 6.06. The van der Waals surface area contributed by atoms with Crippen molar-refractivity contribution in [3.63, 3.8) is 0 Å². The summed E-state index contributed by atoms with van der Waals surface area (Å²) in [6.45, 7) is 11.1. The van der Waals surface area contributed by atoms with E-state index in [0.717, 1.165) is 16.9 Å². The molecule has 5 heteroatoms. The van der Waals surface area contributed by atoms with Crippen LogP contribution in [0.4, 0.5) is 0 Å². The lowest BCUT2D eigenvalue weighted by molar-refractivity contribution is -0.138. The van der Waals surface area contributed by atoms with E-state index < -0.39 is 6.04 Å². The highest BCUT2D eigenvalue weighted by atomic mass is 32.2. The minimum atomic E-state index is -0.518. The normalized spacial score (nSPS) is 11.9. The Bertz CT molecular complexity index is 833. The van der Waals surface area contributed by atoms with Gasteiger partial charge in [-0.15, -0.1) is 11.8 Å². The smallest absolute Gasteiger partial charge is 0.242 e. The molecule has 0 radical (unpaired) electrons. The van der Waals surface area contributed by atoms with E-state index in [4.69, 9.17) is 0 Å². The van der Waals surface area contributed by atoms with Gasteiger partial charge in [0.1, 0.15) is 6.04 Å². The number of benzene rings is 2. The number of nitrogens with one attached hydrogen (secondary N) is 1. The van der Waals surface area contributed by atoms with E-state index >= 15 is 0 Å². The van der Waals surface area contributed by atoms with Gasteiger partial charge in [-0.25, -0.2) is 0 Å². The van der Waals surface area contributed by atoms with E-state index in [1.807, 2.05) is 38.1 Å². The van der Waals surface area contributed by atoms with E-state index in [-0.39, 0.29) is 11.8 Å². The van der Waals surface area contributed by atoms with E-state index in [9.17, 15) is 9.59 Å². The Labute approximate surface area is 185 Å². The van der Waals surface area contributed by atoms with Gasteiger partial charge in [-0.3, -0.25) is 9.59 Å². The van der Waals surface area contributed by atoms with Crippen LogP contribution >= 0.6 is 11.8 Å². The lowest BCUT2D eigenvalue weighted by Crippen LogP contribution is -2.48. The van der Waals surface area contributed by atoms with Crippen molar-refractivity contribution in [2.24, 2.45) is 5.92 Å². The van der Waals surface area contributed by atoms with Crippen molar-refractivity contribution < 1.29 is 9.59 Å². The molecule has 0 aliphatic carbocycles. The van der Waals surface area contributed by atoms with Crippen LogP contribution in [-0.4, -0.2) is 35.1 Å². The molecule has 2 aromatic carbocycles. The van der Waals surface area contributed by atoms with Gasteiger partial charge in [0.25, 0.3) is 0 Å². The molecule has 0 aliphatic rings. The zero-order valence-electron chi connectivity index (χ0n) is 18.8. The summed E-state index contributed by atoms with van der Waals surface area (Å²) < 4.78 is 0. The van der Waals surface area contributed by atoms with Gasteiger partial charge in [0.2, 0.25) is 11.8 Å². The van der Waals surface area contributed by atoms with Gasteiger partial charge >= 0.3 is 0 Å². The highest BCUT2D eigenvalue weighted by Crippen LogP contribution is 2.18. The molecule has 0 fully saturated rings. The summed E-state index contributed by atoms with van der Waals surface area (Å²) in [5, 5.41) is 2.97. The van der Waals surface area contributed by atoms with E-state index in [2.05, 4.69) is 50.4 Å². The van der Waals surface area contributed by atoms with Crippen LogP contribution in [0.5, 0.6) is 0 Å². The summed E-state index contributed by atoms with van der Waals surface area (Å²) in [7, 11) is 0. The Kier molecular flexibility index (Phi) is 9.44. The molecule has 0 bridgehead atoms. The molecule has 0 unspecified atom stereocenters. The zero-order chi connectivity index (χ0) is 22.1. The minimum absolute atomic E-state index is 0.0115. The zero-order valence-corrected chi connectivity index (χ0v) is 19.6. The molecule has 0 aromatic heterocycles. The molecule has 2 aromatic rings. The Hall–Kier alpha value is -2.27. The molecule has 1 N–H and O–H groups in total. The molecular weight excluding hydrogens is 392 g/mol. The maximum Gasteiger partial charge on any atom is 0.242 e. The largest absolute Gasteiger partial charge is 0.354 e. The number of rotatable bonds is 10. The standard InChI is InChI=1S/C25H34N2O2S/c1-18(2)14-26-25(29)21(5)27(15-23-9-7-6-8-20(23)4)24(28)17-30-16-22-12-10-19(3)11-13-22/h6-13,18,21H,14-17H2,1-5H3,(H,26,29)/t21-/m0/s1. The van der Waals surface area contributed by atoms with Crippen LogP contribution in [0.1, 0.15) is 43.0 Å². The Morgan fingerprint density at radius 1 is 1.00 bits per heavy atom. The Morgan fingerprint density at radius 3 is 2.30 bits per heavy atom. The molecule has 162 valence electrons. The van der Waals surface area contributed by atoms with Gasteiger partial charge in [-0.05, 0) is 43.4 Å². The number of nitrogens with zero attached hydrogens (tertiary/aromatic N) is 1. The quantitative estimate of drug-likeness (QED) is 0.598. The lowest BCUT2D eigenvalue weighted by atomic mass is 10.1. The number of thioether (sulfide) groups is 1. The van der Waals surface area contributed by atoms with Gasteiger partial charge in [-0.1, -0.05) is 67.9 Å². The predicted molar refractivity (Wildman–Crippen MR) is 126 cm³/mol. The second-order valence-electron chi connectivity index (χ2n) is 8.24. The molecule has 2 amide bonds. The van der Waals surface area contributed by atoms with E-state index in [0.29, 0.717) is 24.8 Å². The molecule has 0 saturated carbocycles. The third kappa shape index (κ3) is 7.52. The van der Waals surface area contributed by atoms with Crippen LogP contribution < -0.4 is 5.32 Å². The summed E-state index contributed by atoms with van der Waals surface area (Å²) in [5.41, 5.74) is 4.62. The number of aryl methyl sites for hydroxylation is 2.